The van der Waals surface area contributed by atoms with E-state index in [0.717, 1.165) is 4.47 Å². The van der Waals surface area contributed by atoms with E-state index >= 15 is 0 Å². The van der Waals surface area contributed by atoms with Gasteiger partial charge in [-0.05, 0) is 42.0 Å². The van der Waals surface area contributed by atoms with Crippen molar-refractivity contribution in [3.05, 3.63) is 56.4 Å². The molecule has 0 radical (unpaired) electrons. The van der Waals surface area contributed by atoms with Gasteiger partial charge in [0.05, 0.1) is 6.04 Å². The van der Waals surface area contributed by atoms with Crippen molar-refractivity contribution in [3.63, 3.8) is 0 Å². The van der Waals surface area contributed by atoms with E-state index in [0.29, 0.717) is 12.1 Å². The molecule has 0 amide bonds. The molecule has 1 aromatic carbocycles. The van der Waals surface area contributed by atoms with Gasteiger partial charge in [-0.3, -0.25) is 4.90 Å². The topological polar surface area (TPSA) is 29.3 Å². The van der Waals surface area contributed by atoms with Gasteiger partial charge in [0.25, 0.3) is 0 Å². The van der Waals surface area contributed by atoms with Gasteiger partial charge in [-0.2, -0.15) is 0 Å². The molecule has 0 spiro atoms. The molecule has 2 atom stereocenters. The summed E-state index contributed by atoms with van der Waals surface area (Å²) in [4.78, 5) is 3.31. The van der Waals surface area contributed by atoms with E-state index in [-0.39, 0.29) is 17.9 Å². The average molecular weight is 357 g/mol. The number of hydrogen-bond acceptors (Lipinski definition) is 3. The van der Waals surface area contributed by atoms with Crippen molar-refractivity contribution >= 4 is 27.3 Å². The maximum absolute atomic E-state index is 13.9. The molecule has 1 aromatic heterocycles. The Balaban J connectivity index is 2.24. The lowest BCUT2D eigenvalue weighted by molar-refractivity contribution is 0.189. The van der Waals surface area contributed by atoms with Gasteiger partial charge in [-0.15, -0.1) is 11.3 Å². The highest BCUT2D eigenvalue weighted by Crippen LogP contribution is 2.33. The molecule has 0 saturated heterocycles. The zero-order chi connectivity index (χ0) is 14.7. The summed E-state index contributed by atoms with van der Waals surface area (Å²) in [5, 5.41) is 2.04. The zero-order valence-corrected chi connectivity index (χ0v) is 13.9. The predicted molar refractivity (Wildman–Crippen MR) is 86.4 cm³/mol. The molecule has 2 aromatic rings. The van der Waals surface area contributed by atoms with Gasteiger partial charge in [0.2, 0.25) is 0 Å². The standard InChI is InChI=1S/C15H18BrFN2S/c1-10(12-5-3-4-6-13(12)17)19(2)14(8-18)15-7-11(16)9-20-15/h3-7,9-10,14H,8,18H2,1-2H3. The number of hydrogen-bond donors (Lipinski definition) is 1. The molecule has 2 N–H and O–H groups in total. The van der Waals surface area contributed by atoms with Crippen molar-refractivity contribution in [1.29, 1.82) is 0 Å². The van der Waals surface area contributed by atoms with E-state index in [2.05, 4.69) is 26.9 Å². The smallest absolute Gasteiger partial charge is 0.127 e. The Kier molecular flexibility index (Phi) is 5.32. The van der Waals surface area contributed by atoms with Crippen LogP contribution in [0.5, 0.6) is 0 Å². The quantitative estimate of drug-likeness (QED) is 0.862. The molecule has 108 valence electrons. The first-order valence-corrected chi connectivity index (χ1v) is 8.12. The molecule has 0 aliphatic carbocycles. The Morgan fingerprint density at radius 2 is 2.10 bits per heavy atom. The van der Waals surface area contributed by atoms with Gasteiger partial charge >= 0.3 is 0 Å². The monoisotopic (exact) mass is 356 g/mol. The second kappa shape index (κ2) is 6.80. The highest BCUT2D eigenvalue weighted by Gasteiger charge is 2.24. The second-order valence-corrected chi connectivity index (χ2v) is 6.64. The predicted octanol–water partition coefficient (Wildman–Crippen LogP) is 4.34. The minimum absolute atomic E-state index is 0.0365. The van der Waals surface area contributed by atoms with E-state index in [4.69, 9.17) is 5.73 Å². The SMILES string of the molecule is CC(c1ccccc1F)N(C)C(CN)c1cc(Br)cs1. The van der Waals surface area contributed by atoms with Crippen LogP contribution in [0.3, 0.4) is 0 Å². The molecule has 5 heteroatoms. The maximum atomic E-state index is 13.9. The first-order valence-electron chi connectivity index (χ1n) is 6.45. The van der Waals surface area contributed by atoms with Crippen LogP contribution in [0.2, 0.25) is 0 Å². The number of likely N-dealkylation sites (N-methyl/N-ethyl adjacent to an activating group) is 1. The third-order valence-electron chi connectivity index (χ3n) is 3.60. The highest BCUT2D eigenvalue weighted by molar-refractivity contribution is 9.10. The molecule has 0 aliphatic rings. The summed E-state index contributed by atoms with van der Waals surface area (Å²) in [6.45, 7) is 2.51. The minimum atomic E-state index is -0.171. The Morgan fingerprint density at radius 1 is 1.40 bits per heavy atom. The number of halogens is 2. The molecular weight excluding hydrogens is 339 g/mol. The summed E-state index contributed by atoms with van der Waals surface area (Å²) >= 11 is 5.13. The van der Waals surface area contributed by atoms with Crippen LogP contribution in [0.1, 0.15) is 29.4 Å². The maximum Gasteiger partial charge on any atom is 0.127 e. The summed E-state index contributed by atoms with van der Waals surface area (Å²) in [5.74, 6) is -0.171. The fourth-order valence-electron chi connectivity index (χ4n) is 2.29. The van der Waals surface area contributed by atoms with Gasteiger partial charge in [-0.1, -0.05) is 18.2 Å². The lowest BCUT2D eigenvalue weighted by Crippen LogP contribution is -2.32. The van der Waals surface area contributed by atoms with E-state index < -0.39 is 0 Å². The molecule has 0 fully saturated rings. The normalized spacial score (nSPS) is 14.5. The third-order valence-corrected chi connectivity index (χ3v) is 5.39. The van der Waals surface area contributed by atoms with E-state index in [1.54, 1.807) is 17.4 Å². The van der Waals surface area contributed by atoms with E-state index in [9.17, 15) is 4.39 Å². The lowest BCUT2D eigenvalue weighted by atomic mass is 10.0. The van der Waals surface area contributed by atoms with Gasteiger partial charge in [-0.25, -0.2) is 4.39 Å². The Morgan fingerprint density at radius 3 is 2.65 bits per heavy atom. The first kappa shape index (κ1) is 15.6. The molecule has 0 aliphatic heterocycles. The Bertz CT molecular complexity index is 573. The molecule has 0 saturated carbocycles. The minimum Gasteiger partial charge on any atom is -0.329 e. The van der Waals surface area contributed by atoms with E-state index in [1.165, 1.54) is 10.9 Å². The van der Waals surface area contributed by atoms with Crippen molar-refractivity contribution in [3.8, 4) is 0 Å². The number of rotatable bonds is 5. The largest absolute Gasteiger partial charge is 0.329 e. The summed E-state index contributed by atoms with van der Waals surface area (Å²) in [7, 11) is 1.99. The number of benzene rings is 1. The molecule has 2 rings (SSSR count). The van der Waals surface area contributed by atoms with Crippen molar-refractivity contribution in [2.45, 2.75) is 19.0 Å². The van der Waals surface area contributed by atoms with Crippen LogP contribution in [-0.2, 0) is 0 Å². The van der Waals surface area contributed by atoms with Gasteiger partial charge < -0.3 is 5.73 Å². The lowest BCUT2D eigenvalue weighted by Gasteiger charge is -2.32. The van der Waals surface area contributed by atoms with Crippen LogP contribution < -0.4 is 5.73 Å². The third kappa shape index (κ3) is 3.28. The van der Waals surface area contributed by atoms with E-state index in [1.807, 2.05) is 31.5 Å². The molecule has 1 heterocycles. The zero-order valence-electron chi connectivity index (χ0n) is 11.5. The van der Waals surface area contributed by atoms with Crippen LogP contribution in [0.15, 0.2) is 40.2 Å². The molecule has 2 unspecified atom stereocenters. The summed E-state index contributed by atoms with van der Waals surface area (Å²) in [6, 6.07) is 9.02. The van der Waals surface area contributed by atoms with Gasteiger partial charge in [0, 0.05) is 32.9 Å². The molecular formula is C15H18BrFN2S. The molecule has 0 bridgehead atoms. The highest BCUT2D eigenvalue weighted by atomic mass is 79.9. The first-order chi connectivity index (χ1) is 9.54. The fraction of sp³-hybridized carbons (Fsp3) is 0.333. The van der Waals surface area contributed by atoms with Crippen LogP contribution in [-0.4, -0.2) is 18.5 Å². The van der Waals surface area contributed by atoms with Crippen molar-refractivity contribution in [1.82, 2.24) is 4.90 Å². The summed E-state index contributed by atoms with van der Waals surface area (Å²) in [6.07, 6.45) is 0. The fourth-order valence-corrected chi connectivity index (χ4v) is 3.90. The summed E-state index contributed by atoms with van der Waals surface area (Å²) < 4.78 is 15.0. The Labute approximate surface area is 131 Å². The van der Waals surface area contributed by atoms with Gasteiger partial charge in [0.1, 0.15) is 5.82 Å². The van der Waals surface area contributed by atoms with Crippen molar-refractivity contribution in [2.24, 2.45) is 5.73 Å². The molecule has 20 heavy (non-hydrogen) atoms. The number of nitrogens with two attached hydrogens (primary N) is 1. The van der Waals surface area contributed by atoms with Crippen LogP contribution in [0.25, 0.3) is 0 Å². The van der Waals surface area contributed by atoms with Crippen LogP contribution >= 0.6 is 27.3 Å². The van der Waals surface area contributed by atoms with Crippen LogP contribution in [0.4, 0.5) is 4.39 Å². The Hall–Kier alpha value is -0.750. The average Bonchev–Trinajstić information content (AvgIpc) is 2.85. The second-order valence-electron chi connectivity index (χ2n) is 4.78. The van der Waals surface area contributed by atoms with Crippen molar-refractivity contribution in [2.75, 3.05) is 13.6 Å². The number of nitrogens with zero attached hydrogens (tertiary/aromatic N) is 1. The van der Waals surface area contributed by atoms with Crippen LogP contribution in [0, 0.1) is 5.82 Å². The molecule has 2 nitrogen and oxygen atoms in total. The number of thiophene rings is 1. The van der Waals surface area contributed by atoms with Crippen molar-refractivity contribution < 1.29 is 4.39 Å². The summed E-state index contributed by atoms with van der Waals surface area (Å²) in [5.41, 5.74) is 6.62. The van der Waals surface area contributed by atoms with Gasteiger partial charge in [0.15, 0.2) is 0 Å².